The van der Waals surface area contributed by atoms with Crippen LogP contribution in [0, 0.1) is 0 Å². The number of nitrogens with zero attached hydrogens (tertiary/aromatic N) is 1. The number of hydrogen-bond acceptors (Lipinski definition) is 4. The molecule has 3 N–H and O–H groups in total. The number of benzene rings is 1. The molecular weight excluding hydrogens is 242 g/mol. The molecule has 3 nitrogen and oxygen atoms in total. The summed E-state index contributed by atoms with van der Waals surface area (Å²) in [7, 11) is 0. The first kappa shape index (κ1) is 11.8. The fraction of sp³-hybridized carbons (Fsp3) is 0.357. The second-order valence-corrected chi connectivity index (χ2v) is 5.43. The fourth-order valence-corrected chi connectivity index (χ4v) is 3.20. The summed E-state index contributed by atoms with van der Waals surface area (Å²) >= 11 is 1.65. The first-order chi connectivity index (χ1) is 8.84. The summed E-state index contributed by atoms with van der Waals surface area (Å²) in [6.07, 6.45) is 1.98. The molecule has 1 aliphatic rings. The van der Waals surface area contributed by atoms with Gasteiger partial charge in [0.15, 0.2) is 0 Å². The average molecular weight is 259 g/mol. The summed E-state index contributed by atoms with van der Waals surface area (Å²) in [5.41, 5.74) is 11.9. The number of rotatable bonds is 4. The van der Waals surface area contributed by atoms with Crippen LogP contribution in [-0.4, -0.2) is 11.5 Å². The van der Waals surface area contributed by atoms with E-state index in [0.29, 0.717) is 6.04 Å². The summed E-state index contributed by atoms with van der Waals surface area (Å²) in [6, 6.07) is 9.06. The molecule has 0 saturated heterocycles. The number of aromatic nitrogens is 1. The molecule has 94 valence electrons. The van der Waals surface area contributed by atoms with Crippen LogP contribution in [0.1, 0.15) is 35.3 Å². The Bertz CT molecular complexity index is 510. The van der Waals surface area contributed by atoms with Crippen LogP contribution >= 0.6 is 11.3 Å². The van der Waals surface area contributed by atoms with Gasteiger partial charge >= 0.3 is 0 Å². The highest BCUT2D eigenvalue weighted by molar-refractivity contribution is 7.07. The molecule has 0 amide bonds. The lowest BCUT2D eigenvalue weighted by atomic mass is 10.1. The highest BCUT2D eigenvalue weighted by Gasteiger charge is 2.27. The van der Waals surface area contributed by atoms with Gasteiger partial charge in [-0.3, -0.25) is 0 Å². The molecule has 0 saturated carbocycles. The third kappa shape index (κ3) is 2.32. The number of nitrogens with one attached hydrogen (secondary N) is 1. The molecular formula is C14H17N3S. The van der Waals surface area contributed by atoms with Crippen molar-refractivity contribution in [2.45, 2.75) is 24.9 Å². The van der Waals surface area contributed by atoms with Crippen molar-refractivity contribution in [2.24, 2.45) is 5.73 Å². The minimum atomic E-state index is 0.179. The van der Waals surface area contributed by atoms with Gasteiger partial charge in [0.2, 0.25) is 0 Å². The Balaban J connectivity index is 1.61. The topological polar surface area (TPSA) is 50.9 Å². The lowest BCUT2D eigenvalue weighted by Gasteiger charge is -2.13. The number of hydrogen-bond donors (Lipinski definition) is 2. The summed E-state index contributed by atoms with van der Waals surface area (Å²) in [5, 5.41) is 5.70. The zero-order valence-electron chi connectivity index (χ0n) is 10.2. The number of fused-ring (bicyclic) bond motifs is 1. The number of thiazole rings is 1. The Morgan fingerprint density at radius 1 is 1.33 bits per heavy atom. The molecule has 0 aliphatic heterocycles. The van der Waals surface area contributed by atoms with Gasteiger partial charge in [-0.25, -0.2) is 4.98 Å². The van der Waals surface area contributed by atoms with E-state index in [0.717, 1.165) is 19.4 Å². The molecule has 1 aliphatic carbocycles. The van der Waals surface area contributed by atoms with E-state index in [9.17, 15) is 0 Å². The lowest BCUT2D eigenvalue weighted by molar-refractivity contribution is 0.501. The molecule has 0 radical (unpaired) electrons. The normalized spacial score (nSPS) is 22.1. The average Bonchev–Trinajstić information content (AvgIpc) is 3.00. The van der Waals surface area contributed by atoms with Crippen molar-refractivity contribution in [2.75, 3.05) is 6.54 Å². The van der Waals surface area contributed by atoms with Crippen molar-refractivity contribution in [3.05, 3.63) is 52.0 Å². The smallest absolute Gasteiger partial charge is 0.0794 e. The van der Waals surface area contributed by atoms with E-state index < -0.39 is 0 Å². The zero-order valence-corrected chi connectivity index (χ0v) is 11.0. The summed E-state index contributed by atoms with van der Waals surface area (Å²) in [6.45, 7) is 0.954. The molecule has 0 spiro atoms. The van der Waals surface area contributed by atoms with Crippen molar-refractivity contribution in [1.29, 1.82) is 0 Å². The van der Waals surface area contributed by atoms with E-state index in [1.807, 2.05) is 5.51 Å². The second kappa shape index (κ2) is 5.18. The van der Waals surface area contributed by atoms with Crippen molar-refractivity contribution in [3.8, 4) is 0 Å². The van der Waals surface area contributed by atoms with E-state index in [1.165, 1.54) is 16.8 Å². The fourth-order valence-electron chi connectivity index (χ4n) is 2.60. The van der Waals surface area contributed by atoms with E-state index in [-0.39, 0.29) is 6.04 Å². The van der Waals surface area contributed by atoms with Crippen molar-refractivity contribution in [1.82, 2.24) is 10.3 Å². The summed E-state index contributed by atoms with van der Waals surface area (Å²) in [5.74, 6) is 0. The molecule has 2 unspecified atom stereocenters. The van der Waals surface area contributed by atoms with Gasteiger partial charge in [0.25, 0.3) is 0 Å². The monoisotopic (exact) mass is 259 g/mol. The molecule has 18 heavy (non-hydrogen) atoms. The largest absolute Gasteiger partial charge is 0.324 e. The van der Waals surface area contributed by atoms with E-state index in [1.54, 1.807) is 11.3 Å². The van der Waals surface area contributed by atoms with Crippen molar-refractivity contribution < 1.29 is 0 Å². The Labute approximate surface area is 111 Å². The van der Waals surface area contributed by atoms with E-state index >= 15 is 0 Å². The summed E-state index contributed by atoms with van der Waals surface area (Å²) in [4.78, 5) is 4.29. The Hall–Kier alpha value is -1.23. The highest BCUT2D eigenvalue weighted by Crippen LogP contribution is 2.36. The van der Waals surface area contributed by atoms with Crippen LogP contribution in [0.4, 0.5) is 0 Å². The van der Waals surface area contributed by atoms with Crippen LogP contribution in [0.3, 0.4) is 0 Å². The SMILES string of the molecule is NC1CC(NCCc2cscn2)c2ccccc21. The first-order valence-corrected chi connectivity index (χ1v) is 7.24. The van der Waals surface area contributed by atoms with Crippen molar-refractivity contribution in [3.63, 3.8) is 0 Å². The molecule has 2 atom stereocenters. The maximum atomic E-state index is 6.15. The lowest BCUT2D eigenvalue weighted by Crippen LogP contribution is -2.22. The first-order valence-electron chi connectivity index (χ1n) is 6.29. The maximum absolute atomic E-state index is 6.15. The van der Waals surface area contributed by atoms with Gasteiger partial charge in [-0.15, -0.1) is 11.3 Å². The van der Waals surface area contributed by atoms with Gasteiger partial charge < -0.3 is 11.1 Å². The van der Waals surface area contributed by atoms with Crippen LogP contribution in [0.25, 0.3) is 0 Å². The van der Waals surface area contributed by atoms with Crippen LogP contribution in [0.2, 0.25) is 0 Å². The molecule has 1 aromatic carbocycles. The van der Waals surface area contributed by atoms with Crippen molar-refractivity contribution >= 4 is 11.3 Å². The molecule has 0 bridgehead atoms. The number of nitrogens with two attached hydrogens (primary N) is 1. The van der Waals surface area contributed by atoms with Gasteiger partial charge in [0, 0.05) is 30.4 Å². The van der Waals surface area contributed by atoms with Gasteiger partial charge in [0.05, 0.1) is 11.2 Å². The van der Waals surface area contributed by atoms with Gasteiger partial charge in [-0.2, -0.15) is 0 Å². The van der Waals surface area contributed by atoms with E-state index in [4.69, 9.17) is 5.73 Å². The molecule has 2 aromatic rings. The second-order valence-electron chi connectivity index (χ2n) is 4.71. The third-order valence-corrected chi connectivity index (χ3v) is 4.15. The van der Waals surface area contributed by atoms with Crippen LogP contribution in [0.5, 0.6) is 0 Å². The molecule has 1 heterocycles. The van der Waals surface area contributed by atoms with E-state index in [2.05, 4.69) is 39.9 Å². The molecule has 3 rings (SSSR count). The van der Waals surface area contributed by atoms with Crippen LogP contribution < -0.4 is 11.1 Å². The summed E-state index contributed by atoms with van der Waals surface area (Å²) < 4.78 is 0. The Morgan fingerprint density at radius 3 is 2.94 bits per heavy atom. The molecule has 0 fully saturated rings. The predicted octanol–water partition coefficient (Wildman–Crippen LogP) is 2.42. The van der Waals surface area contributed by atoms with Gasteiger partial charge in [0.1, 0.15) is 0 Å². The zero-order chi connectivity index (χ0) is 12.4. The molecule has 4 heteroatoms. The molecule has 1 aromatic heterocycles. The van der Waals surface area contributed by atoms with Crippen LogP contribution in [0.15, 0.2) is 35.2 Å². The standard InChI is InChI=1S/C14H17N3S/c15-13-7-14(12-4-2-1-3-11(12)13)16-6-5-10-8-18-9-17-10/h1-4,8-9,13-14,16H,5-7,15H2. The van der Waals surface area contributed by atoms with Crippen LogP contribution in [-0.2, 0) is 6.42 Å². The predicted molar refractivity (Wildman–Crippen MR) is 74.5 cm³/mol. The Kier molecular flexibility index (Phi) is 3.41. The minimum absolute atomic E-state index is 0.179. The highest BCUT2D eigenvalue weighted by atomic mass is 32.1. The van der Waals surface area contributed by atoms with Gasteiger partial charge in [-0.05, 0) is 17.5 Å². The maximum Gasteiger partial charge on any atom is 0.0794 e. The third-order valence-electron chi connectivity index (χ3n) is 3.52. The van der Waals surface area contributed by atoms with Gasteiger partial charge in [-0.1, -0.05) is 24.3 Å². The quantitative estimate of drug-likeness (QED) is 0.886. The Morgan fingerprint density at radius 2 is 2.17 bits per heavy atom. The minimum Gasteiger partial charge on any atom is -0.324 e.